The lowest BCUT2D eigenvalue weighted by Gasteiger charge is -2.30. The van der Waals surface area contributed by atoms with Crippen molar-refractivity contribution in [2.75, 3.05) is 26.2 Å². The van der Waals surface area contributed by atoms with Gasteiger partial charge < -0.3 is 16.0 Å². The first-order valence-corrected chi connectivity index (χ1v) is 8.30. The molecule has 0 aromatic carbocycles. The third-order valence-corrected chi connectivity index (χ3v) is 4.74. The van der Waals surface area contributed by atoms with Gasteiger partial charge in [0.25, 0.3) is 0 Å². The van der Waals surface area contributed by atoms with Crippen LogP contribution in [-0.2, 0) is 4.79 Å². The molecule has 1 aliphatic heterocycles. The van der Waals surface area contributed by atoms with Crippen LogP contribution in [0.2, 0.25) is 0 Å². The number of rotatable bonds is 5. The van der Waals surface area contributed by atoms with Crippen LogP contribution in [0.1, 0.15) is 46.0 Å². The van der Waals surface area contributed by atoms with Gasteiger partial charge in [0, 0.05) is 25.0 Å². The zero-order chi connectivity index (χ0) is 14.5. The number of nitrogens with two attached hydrogens (primary N) is 1. The largest absolute Gasteiger partial charge is 0.356 e. The highest BCUT2D eigenvalue weighted by atomic mass is 16.1. The van der Waals surface area contributed by atoms with E-state index >= 15 is 0 Å². The summed E-state index contributed by atoms with van der Waals surface area (Å²) in [5, 5.41) is 3.15. The van der Waals surface area contributed by atoms with E-state index in [1.807, 2.05) is 0 Å². The van der Waals surface area contributed by atoms with Gasteiger partial charge in [0.15, 0.2) is 0 Å². The number of hydrogen-bond acceptors (Lipinski definition) is 3. The Hall–Kier alpha value is -0.610. The first-order valence-electron chi connectivity index (χ1n) is 8.30. The Bertz CT molecular complexity index is 305. The summed E-state index contributed by atoms with van der Waals surface area (Å²) in [5.74, 6) is 1.47. The van der Waals surface area contributed by atoms with Gasteiger partial charge in [0.05, 0.1) is 0 Å². The van der Waals surface area contributed by atoms with Crippen molar-refractivity contribution < 1.29 is 4.79 Å². The quantitative estimate of drug-likeness (QED) is 0.805. The van der Waals surface area contributed by atoms with E-state index in [9.17, 15) is 4.79 Å². The van der Waals surface area contributed by atoms with Crippen LogP contribution in [-0.4, -0.2) is 43.0 Å². The summed E-state index contributed by atoms with van der Waals surface area (Å²) in [6.45, 7) is 8.81. The van der Waals surface area contributed by atoms with Gasteiger partial charge in [0.2, 0.25) is 5.91 Å². The van der Waals surface area contributed by atoms with E-state index in [1.54, 1.807) is 0 Å². The minimum atomic E-state index is 0.132. The molecule has 116 valence electrons. The number of hydrogen-bond donors (Lipinski definition) is 2. The number of carbonyl (C=O) groups excluding carboxylic acids is 1. The van der Waals surface area contributed by atoms with E-state index in [0.717, 1.165) is 32.4 Å². The molecule has 2 fully saturated rings. The predicted octanol–water partition coefficient (Wildman–Crippen LogP) is 1.60. The minimum absolute atomic E-state index is 0.132. The van der Waals surface area contributed by atoms with Crippen molar-refractivity contribution in [2.45, 2.75) is 52.0 Å². The molecule has 2 rings (SSSR count). The molecule has 0 aromatic rings. The highest BCUT2D eigenvalue weighted by Gasteiger charge is 2.29. The van der Waals surface area contributed by atoms with Crippen molar-refractivity contribution in [3.63, 3.8) is 0 Å². The third-order valence-electron chi connectivity index (χ3n) is 4.74. The molecule has 2 aliphatic rings. The molecular weight excluding hydrogens is 250 g/mol. The fourth-order valence-electron chi connectivity index (χ4n) is 3.76. The fraction of sp³-hybridized carbons (Fsp3) is 0.938. The smallest absolute Gasteiger partial charge is 0.223 e. The first-order chi connectivity index (χ1) is 9.54. The molecule has 0 bridgehead atoms. The van der Waals surface area contributed by atoms with Gasteiger partial charge in [-0.2, -0.15) is 0 Å². The first kappa shape index (κ1) is 15.8. The molecule has 4 nitrogen and oxygen atoms in total. The van der Waals surface area contributed by atoms with E-state index in [4.69, 9.17) is 5.73 Å². The summed E-state index contributed by atoms with van der Waals surface area (Å²) in [7, 11) is 0. The predicted molar refractivity (Wildman–Crippen MR) is 82.3 cm³/mol. The summed E-state index contributed by atoms with van der Waals surface area (Å²) < 4.78 is 0. The van der Waals surface area contributed by atoms with Crippen LogP contribution in [0, 0.1) is 17.8 Å². The topological polar surface area (TPSA) is 58.4 Å². The molecule has 0 radical (unpaired) electrons. The second-order valence-electron chi connectivity index (χ2n) is 7.13. The second kappa shape index (κ2) is 7.41. The van der Waals surface area contributed by atoms with Crippen molar-refractivity contribution in [1.82, 2.24) is 10.2 Å². The Labute approximate surface area is 123 Å². The van der Waals surface area contributed by atoms with Gasteiger partial charge in [-0.15, -0.1) is 0 Å². The molecule has 1 amide bonds. The van der Waals surface area contributed by atoms with Crippen LogP contribution in [0.3, 0.4) is 0 Å². The molecule has 1 saturated heterocycles. The van der Waals surface area contributed by atoms with Crippen molar-refractivity contribution >= 4 is 5.91 Å². The van der Waals surface area contributed by atoms with E-state index in [1.165, 1.54) is 25.9 Å². The minimum Gasteiger partial charge on any atom is -0.356 e. The maximum absolute atomic E-state index is 12.3. The van der Waals surface area contributed by atoms with Gasteiger partial charge >= 0.3 is 0 Å². The Kier molecular flexibility index (Phi) is 5.85. The van der Waals surface area contributed by atoms with Crippen LogP contribution in [0.4, 0.5) is 0 Å². The second-order valence-corrected chi connectivity index (χ2v) is 7.13. The Morgan fingerprint density at radius 3 is 2.65 bits per heavy atom. The number of likely N-dealkylation sites (tertiary alicyclic amines) is 1. The maximum atomic E-state index is 12.3. The Balaban J connectivity index is 1.68. The zero-order valence-electron chi connectivity index (χ0n) is 13.1. The molecule has 4 heteroatoms. The molecule has 1 aliphatic carbocycles. The zero-order valence-corrected chi connectivity index (χ0v) is 13.1. The SMILES string of the molecule is CC1CC(N)CC(C(=O)NCC(C)CN2CCCC2)C1. The molecular formula is C16H31N3O. The number of nitrogens with zero attached hydrogens (tertiary/aromatic N) is 1. The number of amides is 1. The van der Waals surface area contributed by atoms with Crippen molar-refractivity contribution in [2.24, 2.45) is 23.5 Å². The van der Waals surface area contributed by atoms with Crippen LogP contribution < -0.4 is 11.1 Å². The molecule has 4 atom stereocenters. The third kappa shape index (κ3) is 4.74. The maximum Gasteiger partial charge on any atom is 0.223 e. The van der Waals surface area contributed by atoms with Gasteiger partial charge in [-0.05, 0) is 57.0 Å². The van der Waals surface area contributed by atoms with E-state index in [0.29, 0.717) is 11.8 Å². The number of nitrogens with one attached hydrogen (secondary N) is 1. The van der Waals surface area contributed by atoms with Crippen molar-refractivity contribution in [3.8, 4) is 0 Å². The molecule has 0 spiro atoms. The van der Waals surface area contributed by atoms with Crippen LogP contribution in [0.5, 0.6) is 0 Å². The summed E-state index contributed by atoms with van der Waals surface area (Å²) in [5.41, 5.74) is 6.03. The Morgan fingerprint density at radius 2 is 2.00 bits per heavy atom. The van der Waals surface area contributed by atoms with Gasteiger partial charge in [-0.25, -0.2) is 0 Å². The highest BCUT2D eigenvalue weighted by molar-refractivity contribution is 5.78. The lowest BCUT2D eigenvalue weighted by molar-refractivity contribution is -0.126. The van der Waals surface area contributed by atoms with Crippen molar-refractivity contribution in [1.29, 1.82) is 0 Å². The average molecular weight is 281 g/mol. The molecule has 1 saturated carbocycles. The van der Waals surface area contributed by atoms with E-state index < -0.39 is 0 Å². The molecule has 3 N–H and O–H groups in total. The highest BCUT2D eigenvalue weighted by Crippen LogP contribution is 2.28. The average Bonchev–Trinajstić information content (AvgIpc) is 2.87. The summed E-state index contributed by atoms with van der Waals surface area (Å²) in [6, 6.07) is 0.205. The van der Waals surface area contributed by atoms with Crippen LogP contribution in [0.25, 0.3) is 0 Å². The van der Waals surface area contributed by atoms with E-state index in [-0.39, 0.29) is 17.9 Å². The number of carbonyl (C=O) groups is 1. The lowest BCUT2D eigenvalue weighted by atomic mass is 9.79. The summed E-state index contributed by atoms with van der Waals surface area (Å²) >= 11 is 0. The van der Waals surface area contributed by atoms with Gasteiger partial charge in [-0.1, -0.05) is 13.8 Å². The van der Waals surface area contributed by atoms with Gasteiger partial charge in [0.1, 0.15) is 0 Å². The van der Waals surface area contributed by atoms with Crippen LogP contribution >= 0.6 is 0 Å². The van der Waals surface area contributed by atoms with Crippen molar-refractivity contribution in [3.05, 3.63) is 0 Å². The normalized spacial score (nSPS) is 33.0. The lowest BCUT2D eigenvalue weighted by Crippen LogP contribution is -2.42. The van der Waals surface area contributed by atoms with Gasteiger partial charge in [-0.3, -0.25) is 4.79 Å². The molecule has 4 unspecified atom stereocenters. The monoisotopic (exact) mass is 281 g/mol. The van der Waals surface area contributed by atoms with E-state index in [2.05, 4.69) is 24.1 Å². The molecule has 0 aromatic heterocycles. The standard InChI is InChI=1S/C16H31N3O/c1-12-7-14(9-15(17)8-12)16(20)18-10-13(2)11-19-5-3-4-6-19/h12-15H,3-11,17H2,1-2H3,(H,18,20). The summed E-state index contributed by atoms with van der Waals surface area (Å²) in [4.78, 5) is 14.8. The molecule has 20 heavy (non-hydrogen) atoms. The van der Waals surface area contributed by atoms with Crippen LogP contribution in [0.15, 0.2) is 0 Å². The Morgan fingerprint density at radius 1 is 1.30 bits per heavy atom. The fourth-order valence-corrected chi connectivity index (χ4v) is 3.76. The summed E-state index contributed by atoms with van der Waals surface area (Å²) in [6.07, 6.45) is 5.58. The molecule has 1 heterocycles.